The number of fused-ring (bicyclic) bond motifs is 1. The maximum absolute atomic E-state index is 12.4. The van der Waals surface area contributed by atoms with Gasteiger partial charge in [-0.05, 0) is 38.5 Å². The lowest BCUT2D eigenvalue weighted by Gasteiger charge is -2.19. The highest BCUT2D eigenvalue weighted by Crippen LogP contribution is 2.41. The third-order valence-corrected chi connectivity index (χ3v) is 5.37. The van der Waals surface area contributed by atoms with E-state index in [9.17, 15) is 18.0 Å². The van der Waals surface area contributed by atoms with E-state index in [-0.39, 0.29) is 5.75 Å². The van der Waals surface area contributed by atoms with Crippen LogP contribution in [0.1, 0.15) is 25.0 Å². The van der Waals surface area contributed by atoms with Crippen molar-refractivity contribution in [3.63, 3.8) is 0 Å². The second-order valence-corrected chi connectivity index (χ2v) is 8.95. The predicted octanol–water partition coefficient (Wildman–Crippen LogP) is 3.21. The Kier molecular flexibility index (Phi) is 5.62. The van der Waals surface area contributed by atoms with Gasteiger partial charge in [-0.25, -0.2) is 19.2 Å². The Morgan fingerprint density at radius 1 is 1.13 bits per heavy atom. The summed E-state index contributed by atoms with van der Waals surface area (Å²) in [7, 11) is -3.15. The van der Waals surface area contributed by atoms with Gasteiger partial charge in [0, 0.05) is 19.0 Å². The molecule has 10 heteroatoms. The van der Waals surface area contributed by atoms with E-state index in [4.69, 9.17) is 9.47 Å². The monoisotopic (exact) mass is 433 g/mol. The van der Waals surface area contributed by atoms with Crippen molar-refractivity contribution < 1.29 is 27.5 Å². The number of benzene rings is 2. The van der Waals surface area contributed by atoms with Gasteiger partial charge in [0.2, 0.25) is 0 Å². The molecule has 2 aromatic rings. The van der Waals surface area contributed by atoms with Gasteiger partial charge in [0.05, 0.1) is 5.69 Å². The number of nitrogens with one attached hydrogen (secondary N) is 2. The predicted molar refractivity (Wildman–Crippen MR) is 111 cm³/mol. The summed E-state index contributed by atoms with van der Waals surface area (Å²) in [6, 6.07) is 10.6. The number of carbonyl (C=O) groups is 2. The Morgan fingerprint density at radius 2 is 1.83 bits per heavy atom. The van der Waals surface area contributed by atoms with Crippen LogP contribution >= 0.6 is 0 Å². The molecule has 1 aliphatic rings. The molecule has 0 saturated heterocycles. The molecule has 3 amide bonds. The van der Waals surface area contributed by atoms with E-state index in [1.807, 2.05) is 19.9 Å². The summed E-state index contributed by atoms with van der Waals surface area (Å²) in [4.78, 5) is 25.2. The van der Waals surface area contributed by atoms with Gasteiger partial charge in [-0.2, -0.15) is 8.42 Å². The Balaban J connectivity index is 1.66. The fraction of sp³-hybridized carbons (Fsp3) is 0.300. The normalized spacial score (nSPS) is 14.3. The van der Waals surface area contributed by atoms with E-state index in [1.54, 1.807) is 48.0 Å². The van der Waals surface area contributed by atoms with Crippen molar-refractivity contribution in [2.24, 2.45) is 0 Å². The smallest absolute Gasteiger partial charge is 0.423 e. The quantitative estimate of drug-likeness (QED) is 0.765. The Bertz CT molecular complexity index is 1100. The molecule has 2 aromatic carbocycles. The average molecular weight is 433 g/mol. The summed E-state index contributed by atoms with van der Waals surface area (Å²) in [5.41, 5.74) is 1.41. The standard InChI is InChI=1S/C20H23N3O6S/c1-13-8-5-6-10-15(13)21-30(26,27)22-18(24)23(4)19(25)28-16-11-7-9-14-12-20(2,3)29-17(14)16/h5-11,21H,12H2,1-4H3,(H,22,24). The maximum Gasteiger partial charge on any atom is 0.423 e. The van der Waals surface area contributed by atoms with Crippen LogP contribution < -0.4 is 18.9 Å². The third-order valence-electron chi connectivity index (χ3n) is 4.44. The molecule has 1 heterocycles. The zero-order chi connectivity index (χ0) is 22.1. The van der Waals surface area contributed by atoms with Gasteiger partial charge in [-0.1, -0.05) is 30.3 Å². The van der Waals surface area contributed by atoms with E-state index < -0.39 is 27.9 Å². The van der Waals surface area contributed by atoms with Crippen LogP contribution in [0.2, 0.25) is 0 Å². The highest BCUT2D eigenvalue weighted by molar-refractivity contribution is 7.91. The molecule has 2 N–H and O–H groups in total. The maximum atomic E-state index is 12.4. The number of anilines is 1. The first-order valence-corrected chi connectivity index (χ1v) is 10.6. The van der Waals surface area contributed by atoms with Crippen LogP contribution in [0.4, 0.5) is 15.3 Å². The second-order valence-electron chi connectivity index (χ2n) is 7.54. The van der Waals surface area contributed by atoms with E-state index in [0.29, 0.717) is 28.3 Å². The van der Waals surface area contributed by atoms with Crippen LogP contribution in [-0.4, -0.2) is 38.1 Å². The first-order valence-electron chi connectivity index (χ1n) is 9.14. The minimum absolute atomic E-state index is 0.156. The molecule has 0 unspecified atom stereocenters. The van der Waals surface area contributed by atoms with Gasteiger partial charge >= 0.3 is 22.3 Å². The molecule has 0 atom stereocenters. The van der Waals surface area contributed by atoms with E-state index in [1.165, 1.54) is 0 Å². The van der Waals surface area contributed by atoms with E-state index in [0.717, 1.165) is 12.6 Å². The molecule has 30 heavy (non-hydrogen) atoms. The summed E-state index contributed by atoms with van der Waals surface area (Å²) in [6.07, 6.45) is -0.410. The highest BCUT2D eigenvalue weighted by atomic mass is 32.2. The lowest BCUT2D eigenvalue weighted by Crippen LogP contribution is -2.46. The van der Waals surface area contributed by atoms with Gasteiger partial charge in [0.25, 0.3) is 0 Å². The molecule has 0 aromatic heterocycles. The van der Waals surface area contributed by atoms with Crippen LogP contribution in [-0.2, 0) is 16.6 Å². The molecular formula is C20H23N3O6S. The molecule has 9 nitrogen and oxygen atoms in total. The number of para-hydroxylation sites is 2. The van der Waals surface area contributed by atoms with Crippen LogP contribution in [0.15, 0.2) is 42.5 Å². The first kappa shape index (κ1) is 21.4. The highest BCUT2D eigenvalue weighted by Gasteiger charge is 2.33. The van der Waals surface area contributed by atoms with Gasteiger partial charge < -0.3 is 9.47 Å². The molecule has 3 rings (SSSR count). The van der Waals surface area contributed by atoms with Crippen molar-refractivity contribution in [3.05, 3.63) is 53.6 Å². The number of hydrogen-bond acceptors (Lipinski definition) is 6. The number of rotatable bonds is 4. The number of urea groups is 1. The summed E-state index contributed by atoms with van der Waals surface area (Å²) >= 11 is 0. The molecule has 0 aliphatic carbocycles. The number of carbonyl (C=O) groups excluding carboxylic acids is 2. The van der Waals surface area contributed by atoms with Crippen molar-refractivity contribution in [3.8, 4) is 11.5 Å². The van der Waals surface area contributed by atoms with E-state index in [2.05, 4.69) is 4.72 Å². The zero-order valence-electron chi connectivity index (χ0n) is 17.1. The Hall–Kier alpha value is -3.27. The van der Waals surface area contributed by atoms with Crippen molar-refractivity contribution in [1.29, 1.82) is 0 Å². The number of hydrogen-bond donors (Lipinski definition) is 2. The topological polar surface area (TPSA) is 114 Å². The first-order chi connectivity index (χ1) is 14.0. The van der Waals surface area contributed by atoms with Crippen LogP contribution in [0, 0.1) is 6.92 Å². The lowest BCUT2D eigenvalue weighted by molar-refractivity contribution is 0.129. The summed E-state index contributed by atoms with van der Waals surface area (Å²) in [5.74, 6) is 0.585. The minimum Gasteiger partial charge on any atom is -0.483 e. The van der Waals surface area contributed by atoms with Crippen LogP contribution in [0.3, 0.4) is 0 Å². The number of ether oxygens (including phenoxy) is 2. The zero-order valence-corrected chi connectivity index (χ0v) is 17.9. The van der Waals surface area contributed by atoms with E-state index >= 15 is 0 Å². The molecule has 0 saturated carbocycles. The van der Waals surface area contributed by atoms with Crippen LogP contribution in [0.5, 0.6) is 11.5 Å². The van der Waals surface area contributed by atoms with Gasteiger partial charge in [0.1, 0.15) is 5.60 Å². The van der Waals surface area contributed by atoms with Crippen LogP contribution in [0.25, 0.3) is 0 Å². The summed E-state index contributed by atoms with van der Waals surface area (Å²) < 4.78 is 39.6. The van der Waals surface area contributed by atoms with Gasteiger partial charge in [-0.3, -0.25) is 4.72 Å². The molecule has 0 fully saturated rings. The number of aryl methyl sites for hydroxylation is 1. The van der Waals surface area contributed by atoms with Crippen molar-refractivity contribution in [2.75, 3.05) is 11.8 Å². The molecule has 0 spiro atoms. The molecule has 0 radical (unpaired) electrons. The number of amides is 3. The lowest BCUT2D eigenvalue weighted by atomic mass is 10.0. The Labute approximate surface area is 175 Å². The molecule has 1 aliphatic heterocycles. The average Bonchev–Trinajstić information content (AvgIpc) is 2.97. The molecule has 160 valence electrons. The van der Waals surface area contributed by atoms with Gasteiger partial charge in [-0.15, -0.1) is 0 Å². The third kappa shape index (κ3) is 4.82. The number of nitrogens with zero attached hydrogens (tertiary/aromatic N) is 1. The fourth-order valence-corrected chi connectivity index (χ4v) is 3.89. The fourth-order valence-electron chi connectivity index (χ4n) is 2.95. The summed E-state index contributed by atoms with van der Waals surface area (Å²) in [6.45, 7) is 5.53. The second kappa shape index (κ2) is 7.86. The SMILES string of the molecule is Cc1ccccc1NS(=O)(=O)NC(=O)N(C)C(=O)Oc1cccc2c1OC(C)(C)C2. The number of imide groups is 1. The molecule has 0 bridgehead atoms. The minimum atomic E-state index is -4.26. The van der Waals surface area contributed by atoms with Crippen molar-refractivity contribution >= 4 is 28.0 Å². The van der Waals surface area contributed by atoms with Crippen molar-refractivity contribution in [2.45, 2.75) is 32.8 Å². The molecular weight excluding hydrogens is 410 g/mol. The van der Waals surface area contributed by atoms with Gasteiger partial charge in [0.15, 0.2) is 11.5 Å². The van der Waals surface area contributed by atoms with Crippen molar-refractivity contribution in [1.82, 2.24) is 9.62 Å². The summed E-state index contributed by atoms with van der Waals surface area (Å²) in [5, 5.41) is 0. The Morgan fingerprint density at radius 3 is 2.53 bits per heavy atom. The largest absolute Gasteiger partial charge is 0.483 e.